The molecule has 0 atom stereocenters. The Kier molecular flexibility index (Phi) is 7.37. The van der Waals surface area contributed by atoms with Crippen molar-refractivity contribution >= 4 is 28.5 Å². The van der Waals surface area contributed by atoms with E-state index in [4.69, 9.17) is 0 Å². The minimum absolute atomic E-state index is 0.0467. The summed E-state index contributed by atoms with van der Waals surface area (Å²) in [6, 6.07) is 0. The molecule has 0 spiro atoms. The van der Waals surface area contributed by atoms with Crippen LogP contribution in [-0.2, 0) is 16.0 Å². The van der Waals surface area contributed by atoms with E-state index in [0.717, 1.165) is 11.3 Å². The fourth-order valence-corrected chi connectivity index (χ4v) is 2.02. The Labute approximate surface area is 124 Å². The van der Waals surface area contributed by atoms with Gasteiger partial charge in [-0.15, -0.1) is 11.3 Å². The van der Waals surface area contributed by atoms with Gasteiger partial charge in [0.2, 0.25) is 5.91 Å². The number of alkyl halides is 2. The van der Waals surface area contributed by atoms with Crippen LogP contribution < -0.4 is 16.0 Å². The summed E-state index contributed by atoms with van der Waals surface area (Å²) in [6.07, 6.45) is -2.98. The predicted molar refractivity (Wildman–Crippen MR) is 73.7 cm³/mol. The summed E-state index contributed by atoms with van der Waals surface area (Å²) >= 11 is 1.16. The quantitative estimate of drug-likeness (QED) is 0.617. The summed E-state index contributed by atoms with van der Waals surface area (Å²) in [5.74, 6) is -0.271. The zero-order valence-corrected chi connectivity index (χ0v) is 12.1. The molecule has 118 valence electrons. The number of halogens is 2. The third kappa shape index (κ3) is 7.40. The van der Waals surface area contributed by atoms with Crippen molar-refractivity contribution in [3.63, 3.8) is 0 Å². The molecule has 0 radical (unpaired) electrons. The number of rotatable bonds is 8. The molecule has 3 N–H and O–H groups in total. The number of nitrogens with zero attached hydrogens (tertiary/aromatic N) is 1. The van der Waals surface area contributed by atoms with Crippen LogP contribution in [-0.4, -0.2) is 50.2 Å². The van der Waals surface area contributed by atoms with E-state index in [1.54, 1.807) is 5.38 Å². The Hall–Kier alpha value is -1.97. The van der Waals surface area contributed by atoms with E-state index in [1.807, 2.05) is 0 Å². The molecule has 0 bridgehead atoms. The number of hydrogen-bond donors (Lipinski definition) is 3. The minimum Gasteiger partial charge on any atom is -0.453 e. The molecule has 1 aromatic heterocycles. The lowest BCUT2D eigenvalue weighted by molar-refractivity contribution is -0.120. The molecule has 0 fully saturated rings. The maximum Gasteiger partial charge on any atom is 0.406 e. The lowest BCUT2D eigenvalue weighted by Gasteiger charge is -2.05. The molecule has 0 unspecified atom stereocenters. The first kappa shape index (κ1) is 17.1. The van der Waals surface area contributed by atoms with E-state index in [1.165, 1.54) is 7.11 Å². The Morgan fingerprint density at radius 1 is 1.38 bits per heavy atom. The number of aromatic nitrogens is 1. The second-order valence-electron chi connectivity index (χ2n) is 3.86. The van der Waals surface area contributed by atoms with Gasteiger partial charge >= 0.3 is 6.09 Å². The van der Waals surface area contributed by atoms with Gasteiger partial charge < -0.3 is 20.7 Å². The van der Waals surface area contributed by atoms with Gasteiger partial charge in [0.05, 0.1) is 25.8 Å². The number of carbonyl (C=O) groups excluding carboxylic acids is 2. The number of nitrogens with one attached hydrogen (secondary N) is 3. The molecule has 0 aliphatic carbocycles. The van der Waals surface area contributed by atoms with Crippen LogP contribution in [0.2, 0.25) is 0 Å². The fourth-order valence-electron chi connectivity index (χ4n) is 1.30. The highest BCUT2D eigenvalue weighted by molar-refractivity contribution is 7.13. The van der Waals surface area contributed by atoms with Gasteiger partial charge in [0, 0.05) is 18.5 Å². The molecule has 0 saturated heterocycles. The number of ether oxygens (including phenoxy) is 1. The summed E-state index contributed by atoms with van der Waals surface area (Å²) in [6.45, 7) is 0.0313. The SMILES string of the molecule is COC(=O)NCCNC(=O)Cc1csc(NCC(F)F)n1. The molecule has 0 aliphatic rings. The molecule has 1 rings (SSSR count). The van der Waals surface area contributed by atoms with Gasteiger partial charge in [0.1, 0.15) is 0 Å². The first-order chi connectivity index (χ1) is 10.0. The van der Waals surface area contributed by atoms with E-state index < -0.39 is 19.1 Å². The number of hydrogen-bond acceptors (Lipinski definition) is 6. The number of alkyl carbamates (subject to hydrolysis) is 1. The lowest BCUT2D eigenvalue weighted by atomic mass is 10.3. The summed E-state index contributed by atoms with van der Waals surface area (Å²) in [5.41, 5.74) is 0.496. The zero-order chi connectivity index (χ0) is 15.7. The van der Waals surface area contributed by atoms with E-state index in [0.29, 0.717) is 10.8 Å². The van der Waals surface area contributed by atoms with Crippen molar-refractivity contribution in [2.24, 2.45) is 0 Å². The molecule has 0 saturated carbocycles. The van der Waals surface area contributed by atoms with E-state index in [9.17, 15) is 18.4 Å². The smallest absolute Gasteiger partial charge is 0.406 e. The second kappa shape index (κ2) is 9.06. The van der Waals surface area contributed by atoms with Crippen molar-refractivity contribution in [1.82, 2.24) is 15.6 Å². The molecule has 21 heavy (non-hydrogen) atoms. The number of methoxy groups -OCH3 is 1. The van der Waals surface area contributed by atoms with Crippen molar-refractivity contribution in [2.45, 2.75) is 12.8 Å². The topological polar surface area (TPSA) is 92.4 Å². The van der Waals surface area contributed by atoms with E-state index in [2.05, 4.69) is 25.7 Å². The minimum atomic E-state index is -2.46. The van der Waals surface area contributed by atoms with Gasteiger partial charge in [-0.3, -0.25) is 4.79 Å². The van der Waals surface area contributed by atoms with Crippen LogP contribution in [0.25, 0.3) is 0 Å². The zero-order valence-electron chi connectivity index (χ0n) is 11.3. The molecular weight excluding hydrogens is 306 g/mol. The van der Waals surface area contributed by atoms with Gasteiger partial charge in [-0.1, -0.05) is 0 Å². The third-order valence-electron chi connectivity index (χ3n) is 2.20. The molecule has 7 nitrogen and oxygen atoms in total. The van der Waals surface area contributed by atoms with Crippen molar-refractivity contribution < 1.29 is 23.1 Å². The van der Waals surface area contributed by atoms with Crippen molar-refractivity contribution in [3.05, 3.63) is 11.1 Å². The first-order valence-electron chi connectivity index (χ1n) is 6.06. The number of amides is 2. The number of thiazole rings is 1. The highest BCUT2D eigenvalue weighted by atomic mass is 32.1. The maximum absolute atomic E-state index is 12.0. The van der Waals surface area contributed by atoms with Crippen LogP contribution in [0.4, 0.5) is 18.7 Å². The molecule has 2 amide bonds. The van der Waals surface area contributed by atoms with E-state index in [-0.39, 0.29) is 25.4 Å². The van der Waals surface area contributed by atoms with Crippen LogP contribution in [0.1, 0.15) is 5.69 Å². The van der Waals surface area contributed by atoms with Crippen molar-refractivity contribution in [1.29, 1.82) is 0 Å². The highest BCUT2D eigenvalue weighted by Crippen LogP contribution is 2.15. The lowest BCUT2D eigenvalue weighted by Crippen LogP contribution is -2.35. The van der Waals surface area contributed by atoms with Crippen molar-refractivity contribution in [3.8, 4) is 0 Å². The summed E-state index contributed by atoms with van der Waals surface area (Å²) in [7, 11) is 1.25. The summed E-state index contributed by atoms with van der Waals surface area (Å²) < 4.78 is 28.4. The van der Waals surface area contributed by atoms with Crippen LogP contribution in [0, 0.1) is 0 Å². The van der Waals surface area contributed by atoms with Gasteiger partial charge in [-0.2, -0.15) is 0 Å². The van der Waals surface area contributed by atoms with Gasteiger partial charge in [-0.25, -0.2) is 18.6 Å². The van der Waals surface area contributed by atoms with Crippen LogP contribution in [0.5, 0.6) is 0 Å². The molecule has 0 aromatic carbocycles. The Morgan fingerprint density at radius 2 is 2.10 bits per heavy atom. The Balaban J connectivity index is 2.23. The van der Waals surface area contributed by atoms with E-state index >= 15 is 0 Å². The van der Waals surface area contributed by atoms with Gasteiger partial charge in [0.15, 0.2) is 5.13 Å². The van der Waals surface area contributed by atoms with Gasteiger partial charge in [0.25, 0.3) is 6.43 Å². The molecule has 1 aromatic rings. The third-order valence-corrected chi connectivity index (χ3v) is 3.05. The highest BCUT2D eigenvalue weighted by Gasteiger charge is 2.09. The molecule has 1 heterocycles. The van der Waals surface area contributed by atoms with Gasteiger partial charge in [-0.05, 0) is 0 Å². The summed E-state index contributed by atoms with van der Waals surface area (Å²) in [4.78, 5) is 26.3. The average Bonchev–Trinajstić information content (AvgIpc) is 2.88. The Bertz CT molecular complexity index is 470. The molecular formula is C11H16F2N4O3S. The Morgan fingerprint density at radius 3 is 2.76 bits per heavy atom. The normalized spacial score (nSPS) is 10.3. The average molecular weight is 322 g/mol. The van der Waals surface area contributed by atoms with Crippen LogP contribution in [0.15, 0.2) is 5.38 Å². The predicted octanol–water partition coefficient (Wildman–Crippen LogP) is 0.835. The number of anilines is 1. The number of carbonyl (C=O) groups is 2. The molecule has 0 aliphatic heterocycles. The summed E-state index contributed by atoms with van der Waals surface area (Å²) in [5, 5.41) is 9.45. The second-order valence-corrected chi connectivity index (χ2v) is 4.72. The fraction of sp³-hybridized carbons (Fsp3) is 0.545. The molecule has 10 heteroatoms. The van der Waals surface area contributed by atoms with Crippen molar-refractivity contribution in [2.75, 3.05) is 32.1 Å². The van der Waals surface area contributed by atoms with Crippen LogP contribution in [0.3, 0.4) is 0 Å². The largest absolute Gasteiger partial charge is 0.453 e. The first-order valence-corrected chi connectivity index (χ1v) is 6.94. The standard InChI is InChI=1S/C11H16F2N4O3S/c1-20-11(19)15-3-2-14-9(18)4-7-6-21-10(17-7)16-5-8(12)13/h6,8H,2-5H2,1H3,(H,14,18)(H,15,19)(H,16,17). The maximum atomic E-state index is 12.0. The van der Waals surface area contributed by atoms with Crippen LogP contribution >= 0.6 is 11.3 Å². The monoisotopic (exact) mass is 322 g/mol.